The van der Waals surface area contributed by atoms with E-state index in [1.165, 1.54) is 0 Å². The van der Waals surface area contributed by atoms with Crippen LogP contribution in [0.25, 0.3) is 0 Å². The van der Waals surface area contributed by atoms with Gasteiger partial charge in [0.15, 0.2) is 23.3 Å². The second kappa shape index (κ2) is 8.71. The molecule has 2 aromatic rings. The zero-order valence-corrected chi connectivity index (χ0v) is 16.0. The number of halogens is 1. The van der Waals surface area contributed by atoms with E-state index in [0.717, 1.165) is 29.4 Å². The lowest BCUT2D eigenvalue weighted by Gasteiger charge is -2.12. The number of hydrogen-bond acceptors (Lipinski definition) is 5. The summed E-state index contributed by atoms with van der Waals surface area (Å²) in [4.78, 5) is 4.21. The van der Waals surface area contributed by atoms with Gasteiger partial charge in [-0.3, -0.25) is 4.99 Å². The van der Waals surface area contributed by atoms with E-state index in [2.05, 4.69) is 32.7 Å². The number of hydrogen-bond donors (Lipinski definition) is 2. The molecule has 0 spiro atoms. The summed E-state index contributed by atoms with van der Waals surface area (Å²) >= 11 is 0. The third-order valence-electron chi connectivity index (χ3n) is 3.57. The van der Waals surface area contributed by atoms with Crippen molar-refractivity contribution in [2.75, 3.05) is 13.8 Å². The van der Waals surface area contributed by atoms with Gasteiger partial charge in [-0.1, -0.05) is 6.07 Å². The average Bonchev–Trinajstić information content (AvgIpc) is 3.23. The Hall–Kier alpha value is -2.04. The summed E-state index contributed by atoms with van der Waals surface area (Å²) in [6.07, 6.45) is 1.72. The molecule has 130 valence electrons. The molecule has 0 saturated heterocycles. The summed E-state index contributed by atoms with van der Waals surface area (Å²) in [6.45, 7) is 4.38. The fourth-order valence-electron chi connectivity index (χ4n) is 2.30. The molecule has 2 heterocycles. The maximum atomic E-state index is 5.38. The molecule has 8 nitrogen and oxygen atoms in total. The van der Waals surface area contributed by atoms with Crippen LogP contribution < -0.4 is 20.1 Å². The number of nitrogens with one attached hydrogen (secondary N) is 2. The van der Waals surface area contributed by atoms with Crippen LogP contribution in [0.15, 0.2) is 29.5 Å². The van der Waals surface area contributed by atoms with Gasteiger partial charge in [-0.2, -0.15) is 0 Å². The lowest BCUT2D eigenvalue weighted by Crippen LogP contribution is -2.37. The topological polar surface area (TPSA) is 85.6 Å². The third-order valence-corrected chi connectivity index (χ3v) is 3.57. The number of fused-ring (bicyclic) bond motifs is 1. The van der Waals surface area contributed by atoms with Crippen molar-refractivity contribution in [3.63, 3.8) is 0 Å². The van der Waals surface area contributed by atoms with Crippen LogP contribution in [0.3, 0.4) is 0 Å². The van der Waals surface area contributed by atoms with Gasteiger partial charge in [-0.05, 0) is 24.6 Å². The van der Waals surface area contributed by atoms with Crippen LogP contribution in [-0.4, -0.2) is 34.6 Å². The Morgan fingerprint density at radius 2 is 2.04 bits per heavy atom. The normalized spacial score (nSPS) is 12.7. The van der Waals surface area contributed by atoms with Gasteiger partial charge in [-0.25, -0.2) is 0 Å². The molecule has 24 heavy (non-hydrogen) atoms. The largest absolute Gasteiger partial charge is 0.454 e. The third kappa shape index (κ3) is 4.28. The van der Waals surface area contributed by atoms with Crippen molar-refractivity contribution in [3.8, 4) is 11.5 Å². The number of benzene rings is 1. The van der Waals surface area contributed by atoms with E-state index >= 15 is 0 Å². The van der Waals surface area contributed by atoms with Crippen molar-refractivity contribution in [2.24, 2.45) is 4.99 Å². The lowest BCUT2D eigenvalue weighted by molar-refractivity contribution is 0.174. The van der Waals surface area contributed by atoms with E-state index in [9.17, 15) is 0 Å². The summed E-state index contributed by atoms with van der Waals surface area (Å²) in [6, 6.07) is 5.89. The molecule has 3 rings (SSSR count). The number of nitrogens with zero attached hydrogens (tertiary/aromatic N) is 4. The quantitative estimate of drug-likeness (QED) is 0.413. The first-order valence-electron chi connectivity index (χ1n) is 7.50. The first-order valence-corrected chi connectivity index (χ1v) is 7.50. The Balaban J connectivity index is 0.00000208. The molecule has 0 radical (unpaired) electrons. The Morgan fingerprint density at radius 1 is 1.25 bits per heavy atom. The molecule has 0 bridgehead atoms. The van der Waals surface area contributed by atoms with Crippen molar-refractivity contribution in [1.82, 2.24) is 25.4 Å². The highest BCUT2D eigenvalue weighted by atomic mass is 127. The summed E-state index contributed by atoms with van der Waals surface area (Å²) in [5.41, 5.74) is 1.09. The summed E-state index contributed by atoms with van der Waals surface area (Å²) in [5, 5.41) is 14.5. The van der Waals surface area contributed by atoms with Crippen LogP contribution in [0.4, 0.5) is 0 Å². The minimum absolute atomic E-state index is 0. The van der Waals surface area contributed by atoms with Crippen molar-refractivity contribution in [1.29, 1.82) is 0 Å². The smallest absolute Gasteiger partial charge is 0.231 e. The SMILES string of the molecule is CCn1cnnc1CNC(=NC)NCc1ccc2c(c1)OCO2.I. The van der Waals surface area contributed by atoms with E-state index < -0.39 is 0 Å². The highest BCUT2D eigenvalue weighted by Gasteiger charge is 2.13. The summed E-state index contributed by atoms with van der Waals surface area (Å²) in [7, 11) is 1.74. The van der Waals surface area contributed by atoms with Crippen molar-refractivity contribution >= 4 is 29.9 Å². The molecule has 0 atom stereocenters. The zero-order valence-electron chi connectivity index (χ0n) is 13.7. The first kappa shape index (κ1) is 18.3. The van der Waals surface area contributed by atoms with Crippen LogP contribution in [0.2, 0.25) is 0 Å². The van der Waals surface area contributed by atoms with Gasteiger partial charge in [0, 0.05) is 20.1 Å². The van der Waals surface area contributed by atoms with Gasteiger partial charge in [0.25, 0.3) is 0 Å². The fourth-order valence-corrected chi connectivity index (χ4v) is 2.30. The molecule has 0 aliphatic carbocycles. The van der Waals surface area contributed by atoms with E-state index in [1.54, 1.807) is 13.4 Å². The minimum Gasteiger partial charge on any atom is -0.454 e. The van der Waals surface area contributed by atoms with Gasteiger partial charge in [0.1, 0.15) is 6.33 Å². The molecule has 0 unspecified atom stereocenters. The Bertz CT molecular complexity index is 703. The van der Waals surface area contributed by atoms with Crippen molar-refractivity contribution in [2.45, 2.75) is 26.6 Å². The second-order valence-corrected chi connectivity index (χ2v) is 5.00. The van der Waals surface area contributed by atoms with Crippen LogP contribution in [0, 0.1) is 0 Å². The maximum absolute atomic E-state index is 5.38. The molecule has 0 amide bonds. The number of guanidine groups is 1. The van der Waals surface area contributed by atoms with Crippen LogP contribution in [-0.2, 0) is 19.6 Å². The van der Waals surface area contributed by atoms with Gasteiger partial charge in [0.05, 0.1) is 6.54 Å². The number of rotatable bonds is 5. The number of ether oxygens (including phenoxy) is 2. The predicted octanol–water partition coefficient (Wildman–Crippen LogP) is 1.51. The van der Waals surface area contributed by atoms with Crippen molar-refractivity contribution < 1.29 is 9.47 Å². The maximum Gasteiger partial charge on any atom is 0.231 e. The predicted molar refractivity (Wildman–Crippen MR) is 101 cm³/mol. The molecule has 0 fully saturated rings. The van der Waals surface area contributed by atoms with Crippen LogP contribution >= 0.6 is 24.0 Å². The van der Waals surface area contributed by atoms with E-state index in [4.69, 9.17) is 9.47 Å². The van der Waals surface area contributed by atoms with Gasteiger partial charge in [0.2, 0.25) is 6.79 Å². The van der Waals surface area contributed by atoms with E-state index in [-0.39, 0.29) is 30.8 Å². The van der Waals surface area contributed by atoms with Gasteiger partial charge in [-0.15, -0.1) is 34.2 Å². The molecule has 0 saturated carbocycles. The van der Waals surface area contributed by atoms with Crippen LogP contribution in [0.5, 0.6) is 11.5 Å². The molecule has 1 aliphatic heterocycles. The highest BCUT2D eigenvalue weighted by molar-refractivity contribution is 14.0. The minimum atomic E-state index is 0. The zero-order chi connectivity index (χ0) is 16.1. The van der Waals surface area contributed by atoms with E-state index in [0.29, 0.717) is 19.0 Å². The average molecular weight is 444 g/mol. The van der Waals surface area contributed by atoms with Gasteiger partial charge < -0.3 is 24.7 Å². The number of aryl methyl sites for hydroxylation is 1. The Morgan fingerprint density at radius 3 is 2.83 bits per heavy atom. The number of aromatic nitrogens is 3. The molecule has 1 aromatic heterocycles. The Kier molecular flexibility index (Phi) is 6.64. The van der Waals surface area contributed by atoms with Crippen LogP contribution in [0.1, 0.15) is 18.3 Å². The summed E-state index contributed by atoms with van der Waals surface area (Å²) in [5.74, 6) is 3.14. The van der Waals surface area contributed by atoms with Crippen molar-refractivity contribution in [3.05, 3.63) is 35.9 Å². The summed E-state index contributed by atoms with van der Waals surface area (Å²) < 4.78 is 12.7. The first-order chi connectivity index (χ1) is 11.3. The molecular formula is C15H21IN6O2. The van der Waals surface area contributed by atoms with E-state index in [1.807, 2.05) is 22.8 Å². The Labute approximate surface area is 157 Å². The molecule has 1 aromatic carbocycles. The number of aliphatic imine (C=N–C) groups is 1. The molecule has 2 N–H and O–H groups in total. The molecule has 9 heteroatoms. The highest BCUT2D eigenvalue weighted by Crippen LogP contribution is 2.32. The lowest BCUT2D eigenvalue weighted by atomic mass is 10.2. The standard InChI is InChI=1S/C15H20N6O2.HI/c1-3-21-9-19-20-14(21)8-18-15(16-2)17-7-11-4-5-12-13(6-11)23-10-22-12;/h4-6,9H,3,7-8,10H2,1-2H3,(H2,16,17,18);1H. The molecular weight excluding hydrogens is 423 g/mol. The second-order valence-electron chi connectivity index (χ2n) is 5.00. The fraction of sp³-hybridized carbons (Fsp3) is 0.400. The molecule has 1 aliphatic rings. The van der Waals surface area contributed by atoms with Gasteiger partial charge >= 0.3 is 0 Å². The monoisotopic (exact) mass is 444 g/mol.